The maximum absolute atomic E-state index is 13.2. The molecule has 4 atom stereocenters. The Labute approximate surface area is 224 Å². The molecule has 39 heavy (non-hydrogen) atoms. The van der Waals surface area contributed by atoms with E-state index >= 15 is 0 Å². The summed E-state index contributed by atoms with van der Waals surface area (Å²) in [6.45, 7) is 0.419. The molecule has 1 rings (SSSR count). The van der Waals surface area contributed by atoms with Crippen LogP contribution < -0.4 is 33.2 Å². The normalized spacial score (nSPS) is 13.8. The van der Waals surface area contributed by atoms with Crippen LogP contribution in [0.2, 0.25) is 0 Å². The van der Waals surface area contributed by atoms with Crippen LogP contribution >= 0.6 is 0 Å². The zero-order valence-electron chi connectivity index (χ0n) is 21.3. The largest absolute Gasteiger partial charge is 0.508 e. The van der Waals surface area contributed by atoms with E-state index in [4.69, 9.17) is 22.3 Å². The van der Waals surface area contributed by atoms with Crippen molar-refractivity contribution in [2.75, 3.05) is 6.54 Å². The Morgan fingerprint density at radius 3 is 1.90 bits per heavy atom. The first-order valence-electron chi connectivity index (χ1n) is 12.2. The number of rotatable bonds is 18. The molecule has 4 unspecified atom stereocenters. The number of aliphatic carboxylic acids is 2. The molecule has 15 nitrogen and oxygen atoms in total. The molecule has 0 spiro atoms. The number of benzene rings is 1. The van der Waals surface area contributed by atoms with Gasteiger partial charge >= 0.3 is 11.9 Å². The van der Waals surface area contributed by atoms with Crippen molar-refractivity contribution in [3.8, 4) is 5.75 Å². The van der Waals surface area contributed by atoms with Crippen LogP contribution in [0.4, 0.5) is 0 Å². The second-order valence-corrected chi connectivity index (χ2v) is 8.89. The molecule has 4 amide bonds. The lowest BCUT2D eigenvalue weighted by Gasteiger charge is -2.25. The number of primary amides is 1. The number of nitrogens with one attached hydrogen (secondary N) is 3. The number of hydrogen-bond acceptors (Lipinski definition) is 9. The van der Waals surface area contributed by atoms with Gasteiger partial charge in [-0.15, -0.1) is 0 Å². The zero-order chi connectivity index (χ0) is 29.5. The Morgan fingerprint density at radius 1 is 0.795 bits per heavy atom. The van der Waals surface area contributed by atoms with Gasteiger partial charge in [-0.2, -0.15) is 0 Å². The van der Waals surface area contributed by atoms with Crippen LogP contribution in [-0.2, 0) is 35.2 Å². The van der Waals surface area contributed by atoms with Crippen LogP contribution in [0.5, 0.6) is 5.75 Å². The number of carboxylic acids is 2. The first-order chi connectivity index (χ1) is 18.3. The molecule has 0 aromatic heterocycles. The standard InChI is InChI=1S/C24H36N6O9/c25-10-2-1-3-15(26)21(35)29-17(11-13-4-6-14(31)7-5-13)23(37)28-16(8-9-20(33)34)22(36)30-18(24(38)39)12-19(27)32/h4-7,15-18,31H,1-3,8-12,25-26H2,(H2,27,32)(H,28,37)(H,29,35)(H,30,36)(H,33,34)(H,38,39). The van der Waals surface area contributed by atoms with Gasteiger partial charge in [-0.3, -0.25) is 24.0 Å². The number of phenols is 1. The van der Waals surface area contributed by atoms with E-state index in [9.17, 15) is 39.0 Å². The molecule has 15 heteroatoms. The van der Waals surface area contributed by atoms with Gasteiger partial charge < -0.3 is 48.5 Å². The van der Waals surface area contributed by atoms with E-state index in [0.29, 0.717) is 31.4 Å². The lowest BCUT2D eigenvalue weighted by Crippen LogP contribution is -2.57. The third-order valence-corrected chi connectivity index (χ3v) is 5.61. The molecule has 0 radical (unpaired) electrons. The highest BCUT2D eigenvalue weighted by Crippen LogP contribution is 2.12. The van der Waals surface area contributed by atoms with Crippen molar-refractivity contribution in [1.82, 2.24) is 16.0 Å². The zero-order valence-corrected chi connectivity index (χ0v) is 21.3. The molecule has 0 saturated carbocycles. The molecule has 0 aliphatic carbocycles. The number of nitrogens with two attached hydrogens (primary N) is 3. The van der Waals surface area contributed by atoms with E-state index in [-0.39, 0.29) is 12.2 Å². The van der Waals surface area contributed by atoms with E-state index in [1.807, 2.05) is 0 Å². The summed E-state index contributed by atoms with van der Waals surface area (Å²) in [7, 11) is 0. The number of carbonyl (C=O) groups excluding carboxylic acids is 4. The van der Waals surface area contributed by atoms with Gasteiger partial charge in [-0.05, 0) is 43.5 Å². The van der Waals surface area contributed by atoms with Crippen LogP contribution in [0.3, 0.4) is 0 Å². The molecule has 0 bridgehead atoms. The van der Waals surface area contributed by atoms with Gasteiger partial charge in [-0.1, -0.05) is 18.6 Å². The molecule has 1 aromatic rings. The van der Waals surface area contributed by atoms with Gasteiger partial charge in [0.25, 0.3) is 0 Å². The predicted molar refractivity (Wildman–Crippen MR) is 137 cm³/mol. The molecule has 0 aliphatic rings. The van der Waals surface area contributed by atoms with Gasteiger partial charge in [0, 0.05) is 12.8 Å². The van der Waals surface area contributed by atoms with Crippen molar-refractivity contribution in [2.24, 2.45) is 17.2 Å². The number of unbranched alkanes of at least 4 members (excludes halogenated alkanes) is 1. The molecule has 0 fully saturated rings. The summed E-state index contributed by atoms with van der Waals surface area (Å²) in [6, 6.07) is 0.306. The highest BCUT2D eigenvalue weighted by Gasteiger charge is 2.31. The Morgan fingerprint density at radius 2 is 1.36 bits per heavy atom. The Hall–Kier alpha value is -4.24. The Kier molecular flexibility index (Phi) is 13.9. The summed E-state index contributed by atoms with van der Waals surface area (Å²) in [5.41, 5.74) is 16.9. The van der Waals surface area contributed by atoms with E-state index in [2.05, 4.69) is 16.0 Å². The van der Waals surface area contributed by atoms with Crippen LogP contribution in [-0.4, -0.2) is 81.6 Å². The molecule has 216 valence electrons. The van der Waals surface area contributed by atoms with E-state index in [1.165, 1.54) is 24.3 Å². The summed E-state index contributed by atoms with van der Waals surface area (Å²) in [5.74, 6) is -6.47. The van der Waals surface area contributed by atoms with Crippen LogP contribution in [0.15, 0.2) is 24.3 Å². The van der Waals surface area contributed by atoms with Gasteiger partial charge in [-0.25, -0.2) is 4.79 Å². The predicted octanol–water partition coefficient (Wildman–Crippen LogP) is -2.33. The maximum Gasteiger partial charge on any atom is 0.326 e. The fourth-order valence-electron chi connectivity index (χ4n) is 3.48. The highest BCUT2D eigenvalue weighted by atomic mass is 16.4. The fourth-order valence-corrected chi connectivity index (χ4v) is 3.48. The molecule has 0 aliphatic heterocycles. The number of phenolic OH excluding ortho intramolecular Hbond substituents is 1. The SMILES string of the molecule is NCCCCC(N)C(=O)NC(Cc1ccc(O)cc1)C(=O)NC(CCC(=O)O)C(=O)NC(CC(N)=O)C(=O)O. The summed E-state index contributed by atoms with van der Waals surface area (Å²) in [4.78, 5) is 72.4. The average Bonchev–Trinajstić information content (AvgIpc) is 2.86. The molecule has 1 aromatic carbocycles. The molecule has 12 N–H and O–H groups in total. The summed E-state index contributed by atoms with van der Waals surface area (Å²) >= 11 is 0. The van der Waals surface area contributed by atoms with Crippen LogP contribution in [0, 0.1) is 0 Å². The molecular formula is C24H36N6O9. The Balaban J connectivity index is 3.14. The van der Waals surface area contributed by atoms with Crippen molar-refractivity contribution in [3.63, 3.8) is 0 Å². The van der Waals surface area contributed by atoms with Gasteiger partial charge in [0.1, 0.15) is 23.9 Å². The van der Waals surface area contributed by atoms with Crippen molar-refractivity contribution in [2.45, 2.75) is 69.1 Å². The van der Waals surface area contributed by atoms with E-state index in [1.54, 1.807) is 0 Å². The molecule has 0 saturated heterocycles. The van der Waals surface area contributed by atoms with Crippen LogP contribution in [0.1, 0.15) is 44.1 Å². The number of hydrogen-bond donors (Lipinski definition) is 9. The third kappa shape index (κ3) is 12.7. The van der Waals surface area contributed by atoms with Gasteiger partial charge in [0.2, 0.25) is 23.6 Å². The monoisotopic (exact) mass is 552 g/mol. The van der Waals surface area contributed by atoms with Crippen molar-refractivity contribution < 1.29 is 44.1 Å². The first kappa shape index (κ1) is 32.8. The lowest BCUT2D eigenvalue weighted by atomic mass is 10.0. The minimum atomic E-state index is -1.71. The fraction of sp³-hybridized carbons (Fsp3) is 0.500. The summed E-state index contributed by atoms with van der Waals surface area (Å²) < 4.78 is 0. The average molecular weight is 553 g/mol. The van der Waals surface area contributed by atoms with Crippen molar-refractivity contribution in [3.05, 3.63) is 29.8 Å². The minimum Gasteiger partial charge on any atom is -0.508 e. The Bertz CT molecular complexity index is 1020. The molecular weight excluding hydrogens is 516 g/mol. The van der Waals surface area contributed by atoms with E-state index < -0.39 is 79.0 Å². The molecule has 0 heterocycles. The third-order valence-electron chi connectivity index (χ3n) is 5.61. The summed E-state index contributed by atoms with van der Waals surface area (Å²) in [5, 5.41) is 34.8. The van der Waals surface area contributed by atoms with Crippen molar-refractivity contribution in [1.29, 1.82) is 0 Å². The van der Waals surface area contributed by atoms with Gasteiger partial charge in [0.05, 0.1) is 12.5 Å². The number of amides is 4. The number of aromatic hydroxyl groups is 1. The number of carbonyl (C=O) groups is 6. The quantitative estimate of drug-likeness (QED) is 0.0871. The second kappa shape index (κ2) is 16.6. The lowest BCUT2D eigenvalue weighted by molar-refractivity contribution is -0.144. The van der Waals surface area contributed by atoms with Gasteiger partial charge in [0.15, 0.2) is 0 Å². The maximum atomic E-state index is 13.2. The number of carboxylic acid groups (broad SMARTS) is 2. The van der Waals surface area contributed by atoms with Crippen molar-refractivity contribution >= 4 is 35.6 Å². The van der Waals surface area contributed by atoms with Crippen LogP contribution in [0.25, 0.3) is 0 Å². The highest BCUT2D eigenvalue weighted by molar-refractivity contribution is 5.95. The summed E-state index contributed by atoms with van der Waals surface area (Å²) in [6.07, 6.45) is -0.278. The minimum absolute atomic E-state index is 0.0277. The topological polar surface area (TPSA) is 277 Å². The smallest absolute Gasteiger partial charge is 0.326 e. The van der Waals surface area contributed by atoms with E-state index in [0.717, 1.165) is 0 Å². The second-order valence-electron chi connectivity index (χ2n) is 8.89. The first-order valence-corrected chi connectivity index (χ1v) is 12.2.